The van der Waals surface area contributed by atoms with Gasteiger partial charge in [0, 0.05) is 6.42 Å². The van der Waals surface area contributed by atoms with Crippen molar-refractivity contribution in [2.45, 2.75) is 38.0 Å². The lowest BCUT2D eigenvalue weighted by Gasteiger charge is -2.16. The van der Waals surface area contributed by atoms with Gasteiger partial charge in [-0.3, -0.25) is 5.41 Å². The molecule has 0 aromatic rings. The van der Waals surface area contributed by atoms with Crippen LogP contribution in [0.2, 0.25) is 0 Å². The van der Waals surface area contributed by atoms with E-state index in [9.17, 15) is 0 Å². The molecule has 0 amide bonds. The number of nitrogens with one attached hydrogen (secondary N) is 1. The van der Waals surface area contributed by atoms with Crippen molar-refractivity contribution in [1.82, 2.24) is 0 Å². The first-order valence-electron chi connectivity index (χ1n) is 4.76. The highest BCUT2D eigenvalue weighted by molar-refractivity contribution is 6.21. The van der Waals surface area contributed by atoms with E-state index in [-0.39, 0.29) is 5.38 Å². The standard InChI is InChI=1S/C10H16ClNO/c1-2-13-10(12)7-8-4-3-5-9(11)6-8/h6,9,12H,2-5,7H2,1H3. The van der Waals surface area contributed by atoms with Crippen LogP contribution in [0.15, 0.2) is 11.6 Å². The highest BCUT2D eigenvalue weighted by atomic mass is 35.5. The quantitative estimate of drug-likeness (QED) is 0.324. The molecule has 1 aliphatic rings. The fraction of sp³-hybridized carbons (Fsp3) is 0.700. The predicted molar refractivity (Wildman–Crippen MR) is 55.5 cm³/mol. The first kappa shape index (κ1) is 10.6. The Bertz CT molecular complexity index is 213. The van der Waals surface area contributed by atoms with Crippen molar-refractivity contribution in [2.75, 3.05) is 6.61 Å². The molecule has 1 atom stereocenters. The zero-order valence-corrected chi connectivity index (χ0v) is 8.73. The van der Waals surface area contributed by atoms with Gasteiger partial charge in [0.15, 0.2) is 5.90 Å². The van der Waals surface area contributed by atoms with Gasteiger partial charge in [-0.05, 0) is 26.2 Å². The van der Waals surface area contributed by atoms with E-state index in [0.717, 1.165) is 19.3 Å². The smallest absolute Gasteiger partial charge is 0.184 e. The summed E-state index contributed by atoms with van der Waals surface area (Å²) in [6.07, 6.45) is 5.97. The second-order valence-electron chi connectivity index (χ2n) is 3.27. The Hall–Kier alpha value is -0.500. The summed E-state index contributed by atoms with van der Waals surface area (Å²) in [4.78, 5) is 0. The highest BCUT2D eigenvalue weighted by Gasteiger charge is 2.12. The molecule has 1 aliphatic carbocycles. The van der Waals surface area contributed by atoms with E-state index < -0.39 is 0 Å². The minimum atomic E-state index is 0.165. The summed E-state index contributed by atoms with van der Waals surface area (Å²) in [7, 11) is 0. The summed E-state index contributed by atoms with van der Waals surface area (Å²) in [6, 6.07) is 0. The topological polar surface area (TPSA) is 33.1 Å². The van der Waals surface area contributed by atoms with Crippen molar-refractivity contribution in [2.24, 2.45) is 0 Å². The molecule has 0 bridgehead atoms. The summed E-state index contributed by atoms with van der Waals surface area (Å²) >= 11 is 5.98. The third-order valence-corrected chi connectivity index (χ3v) is 2.44. The first-order chi connectivity index (χ1) is 6.22. The molecule has 0 fully saturated rings. The Morgan fingerprint density at radius 1 is 1.77 bits per heavy atom. The minimum Gasteiger partial charge on any atom is -0.481 e. The molecule has 0 heterocycles. The molecule has 0 aromatic carbocycles. The average molecular weight is 202 g/mol. The fourth-order valence-corrected chi connectivity index (χ4v) is 1.86. The largest absolute Gasteiger partial charge is 0.481 e. The number of ether oxygens (including phenoxy) is 1. The molecule has 3 heteroatoms. The second kappa shape index (κ2) is 5.28. The number of halogens is 1. The SMILES string of the molecule is CCOC(=N)CC1=CC(Cl)CCC1. The number of hydrogen-bond acceptors (Lipinski definition) is 2. The lowest BCUT2D eigenvalue weighted by Crippen LogP contribution is -2.09. The van der Waals surface area contributed by atoms with E-state index in [1.807, 2.05) is 6.92 Å². The summed E-state index contributed by atoms with van der Waals surface area (Å²) in [5, 5.41) is 7.65. The summed E-state index contributed by atoms with van der Waals surface area (Å²) in [5.41, 5.74) is 1.25. The van der Waals surface area contributed by atoms with Gasteiger partial charge >= 0.3 is 0 Å². The van der Waals surface area contributed by atoms with Crippen LogP contribution in [0.5, 0.6) is 0 Å². The van der Waals surface area contributed by atoms with Crippen LogP contribution in [0, 0.1) is 5.41 Å². The summed E-state index contributed by atoms with van der Waals surface area (Å²) in [6.45, 7) is 2.48. The van der Waals surface area contributed by atoms with Crippen LogP contribution in [0.4, 0.5) is 0 Å². The predicted octanol–water partition coefficient (Wildman–Crippen LogP) is 3.11. The van der Waals surface area contributed by atoms with Crippen LogP contribution < -0.4 is 0 Å². The van der Waals surface area contributed by atoms with Gasteiger partial charge in [-0.15, -0.1) is 11.6 Å². The Morgan fingerprint density at radius 2 is 2.54 bits per heavy atom. The van der Waals surface area contributed by atoms with Crippen LogP contribution in [0.3, 0.4) is 0 Å². The van der Waals surface area contributed by atoms with E-state index >= 15 is 0 Å². The molecule has 0 radical (unpaired) electrons. The van der Waals surface area contributed by atoms with Crippen LogP contribution in [0.25, 0.3) is 0 Å². The molecule has 0 aliphatic heterocycles. The van der Waals surface area contributed by atoms with E-state index in [1.54, 1.807) is 0 Å². The van der Waals surface area contributed by atoms with Gasteiger partial charge in [-0.2, -0.15) is 0 Å². The zero-order chi connectivity index (χ0) is 9.68. The maximum Gasteiger partial charge on any atom is 0.184 e. The maximum atomic E-state index is 7.48. The Labute approximate surface area is 84.4 Å². The second-order valence-corrected chi connectivity index (χ2v) is 3.83. The van der Waals surface area contributed by atoms with E-state index in [4.69, 9.17) is 21.7 Å². The van der Waals surface area contributed by atoms with Gasteiger partial charge in [0.05, 0.1) is 12.0 Å². The Morgan fingerprint density at radius 3 is 3.15 bits per heavy atom. The molecule has 0 spiro atoms. The molecule has 74 valence electrons. The van der Waals surface area contributed by atoms with E-state index in [2.05, 4.69) is 6.08 Å². The molecular formula is C10H16ClNO. The number of hydrogen-bond donors (Lipinski definition) is 1. The van der Waals surface area contributed by atoms with Crippen molar-refractivity contribution in [3.63, 3.8) is 0 Å². The molecule has 0 saturated heterocycles. The van der Waals surface area contributed by atoms with Gasteiger partial charge in [0.1, 0.15) is 0 Å². The van der Waals surface area contributed by atoms with Gasteiger partial charge in [-0.25, -0.2) is 0 Å². The van der Waals surface area contributed by atoms with Crippen LogP contribution in [0.1, 0.15) is 32.6 Å². The minimum absolute atomic E-state index is 0.165. The molecule has 2 nitrogen and oxygen atoms in total. The molecule has 0 aromatic heterocycles. The van der Waals surface area contributed by atoms with Gasteiger partial charge in [-0.1, -0.05) is 11.6 Å². The van der Waals surface area contributed by atoms with E-state index in [1.165, 1.54) is 5.57 Å². The third-order valence-electron chi connectivity index (χ3n) is 2.10. The number of alkyl halides is 1. The van der Waals surface area contributed by atoms with Crippen molar-refractivity contribution in [1.29, 1.82) is 5.41 Å². The van der Waals surface area contributed by atoms with Crippen LogP contribution in [-0.4, -0.2) is 17.9 Å². The van der Waals surface area contributed by atoms with Crippen molar-refractivity contribution >= 4 is 17.5 Å². The lowest BCUT2D eigenvalue weighted by atomic mass is 9.97. The highest BCUT2D eigenvalue weighted by Crippen LogP contribution is 2.24. The van der Waals surface area contributed by atoms with Gasteiger partial charge in [0.2, 0.25) is 0 Å². The van der Waals surface area contributed by atoms with Crippen molar-refractivity contribution in [3.8, 4) is 0 Å². The normalized spacial score (nSPS) is 22.3. The number of rotatable bonds is 3. The zero-order valence-electron chi connectivity index (χ0n) is 7.98. The van der Waals surface area contributed by atoms with Gasteiger partial charge < -0.3 is 4.74 Å². The average Bonchev–Trinajstić information content (AvgIpc) is 2.04. The first-order valence-corrected chi connectivity index (χ1v) is 5.20. The summed E-state index contributed by atoms with van der Waals surface area (Å²) in [5.74, 6) is 0.361. The molecule has 13 heavy (non-hydrogen) atoms. The van der Waals surface area contributed by atoms with Crippen LogP contribution >= 0.6 is 11.6 Å². The fourth-order valence-electron chi connectivity index (χ4n) is 1.53. The molecule has 0 saturated carbocycles. The molecule has 1 unspecified atom stereocenters. The molecular weight excluding hydrogens is 186 g/mol. The lowest BCUT2D eigenvalue weighted by molar-refractivity contribution is 0.316. The number of allylic oxidation sites excluding steroid dienone is 1. The van der Waals surface area contributed by atoms with E-state index in [0.29, 0.717) is 18.9 Å². The monoisotopic (exact) mass is 201 g/mol. The van der Waals surface area contributed by atoms with Crippen molar-refractivity contribution < 1.29 is 4.74 Å². The summed E-state index contributed by atoms with van der Waals surface area (Å²) < 4.78 is 5.08. The van der Waals surface area contributed by atoms with Crippen molar-refractivity contribution in [3.05, 3.63) is 11.6 Å². The van der Waals surface area contributed by atoms with Gasteiger partial charge in [0.25, 0.3) is 0 Å². The van der Waals surface area contributed by atoms with Crippen LogP contribution in [-0.2, 0) is 4.74 Å². The third kappa shape index (κ3) is 3.81. The Balaban J connectivity index is 2.39. The molecule has 1 rings (SSSR count). The Kier molecular flexibility index (Phi) is 4.29. The maximum absolute atomic E-state index is 7.48. The molecule has 1 N–H and O–H groups in total.